The van der Waals surface area contributed by atoms with Gasteiger partial charge >= 0.3 is 0 Å². The average molecular weight is 227 g/mol. The van der Waals surface area contributed by atoms with Crippen LogP contribution in [0.25, 0.3) is 22.6 Å². The molecule has 0 unspecified atom stereocenters. The summed E-state index contributed by atoms with van der Waals surface area (Å²) >= 11 is 0. The summed E-state index contributed by atoms with van der Waals surface area (Å²) in [6, 6.07) is 12.0. The minimum Gasteiger partial charge on any atom is -0.504 e. The van der Waals surface area contributed by atoms with Gasteiger partial charge in [0, 0.05) is 0 Å². The molecule has 0 saturated carbocycles. The Hall–Kier alpha value is -2.49. The standard InChI is InChI=1S/C13H9NO3/c15-10-6-3-4-8(12(10)16)13-14-9-5-1-2-7-11(9)17-13/h1-7,15-16H. The summed E-state index contributed by atoms with van der Waals surface area (Å²) in [6.45, 7) is 0. The third-order valence-corrected chi connectivity index (χ3v) is 2.54. The minimum atomic E-state index is -0.223. The van der Waals surface area contributed by atoms with E-state index < -0.39 is 0 Å². The third kappa shape index (κ3) is 1.50. The van der Waals surface area contributed by atoms with Crippen molar-refractivity contribution in [3.63, 3.8) is 0 Å². The molecule has 3 aromatic rings. The smallest absolute Gasteiger partial charge is 0.231 e. The molecular weight excluding hydrogens is 218 g/mol. The van der Waals surface area contributed by atoms with E-state index in [-0.39, 0.29) is 11.5 Å². The Morgan fingerprint density at radius 2 is 1.76 bits per heavy atom. The minimum absolute atomic E-state index is 0.190. The van der Waals surface area contributed by atoms with Crippen molar-refractivity contribution in [2.45, 2.75) is 0 Å². The average Bonchev–Trinajstić information content (AvgIpc) is 2.76. The lowest BCUT2D eigenvalue weighted by molar-refractivity contribution is 0.404. The van der Waals surface area contributed by atoms with Gasteiger partial charge in [-0.05, 0) is 24.3 Å². The van der Waals surface area contributed by atoms with Crippen molar-refractivity contribution in [1.82, 2.24) is 4.98 Å². The van der Waals surface area contributed by atoms with E-state index in [1.165, 1.54) is 6.07 Å². The van der Waals surface area contributed by atoms with Gasteiger partial charge in [-0.15, -0.1) is 0 Å². The second-order valence-electron chi connectivity index (χ2n) is 3.66. The zero-order chi connectivity index (χ0) is 11.8. The Morgan fingerprint density at radius 1 is 0.941 bits per heavy atom. The number of aromatic hydroxyl groups is 2. The molecular formula is C13H9NO3. The molecule has 0 spiro atoms. The summed E-state index contributed by atoms with van der Waals surface area (Å²) in [5.41, 5.74) is 1.73. The van der Waals surface area contributed by atoms with Gasteiger partial charge < -0.3 is 14.6 Å². The highest BCUT2D eigenvalue weighted by Crippen LogP contribution is 2.36. The Morgan fingerprint density at radius 3 is 2.59 bits per heavy atom. The van der Waals surface area contributed by atoms with Crippen molar-refractivity contribution in [2.75, 3.05) is 0 Å². The van der Waals surface area contributed by atoms with Crippen LogP contribution in [0.4, 0.5) is 0 Å². The highest BCUT2D eigenvalue weighted by atomic mass is 16.4. The molecule has 17 heavy (non-hydrogen) atoms. The summed E-state index contributed by atoms with van der Waals surface area (Å²) in [4.78, 5) is 4.25. The number of phenolic OH excluding ortho intramolecular Hbond substituents is 2. The van der Waals surface area contributed by atoms with Gasteiger partial charge in [-0.2, -0.15) is 0 Å². The van der Waals surface area contributed by atoms with E-state index in [1.807, 2.05) is 18.2 Å². The molecule has 2 aromatic carbocycles. The molecule has 0 aliphatic rings. The van der Waals surface area contributed by atoms with Gasteiger partial charge in [0.25, 0.3) is 0 Å². The van der Waals surface area contributed by atoms with Crippen LogP contribution in [-0.4, -0.2) is 15.2 Å². The lowest BCUT2D eigenvalue weighted by Gasteiger charge is -2.01. The SMILES string of the molecule is Oc1cccc(-c2nc3ccccc3o2)c1O. The first-order valence-corrected chi connectivity index (χ1v) is 5.12. The van der Waals surface area contributed by atoms with E-state index in [0.717, 1.165) is 0 Å². The molecule has 0 aliphatic carbocycles. The second kappa shape index (κ2) is 3.52. The largest absolute Gasteiger partial charge is 0.504 e. The first-order valence-electron chi connectivity index (χ1n) is 5.12. The maximum absolute atomic E-state index is 9.73. The summed E-state index contributed by atoms with van der Waals surface area (Å²) in [6.07, 6.45) is 0. The van der Waals surface area contributed by atoms with Crippen LogP contribution in [0.15, 0.2) is 46.9 Å². The summed E-state index contributed by atoms with van der Waals surface area (Å²) in [7, 11) is 0. The fourth-order valence-electron chi connectivity index (χ4n) is 1.69. The summed E-state index contributed by atoms with van der Waals surface area (Å²) in [5.74, 6) is -0.122. The number of benzene rings is 2. The molecule has 1 heterocycles. The number of nitrogens with zero attached hydrogens (tertiary/aromatic N) is 1. The molecule has 0 aliphatic heterocycles. The zero-order valence-corrected chi connectivity index (χ0v) is 8.79. The summed E-state index contributed by atoms with van der Waals surface area (Å²) < 4.78 is 5.51. The number of fused-ring (bicyclic) bond motifs is 1. The molecule has 2 N–H and O–H groups in total. The Labute approximate surface area is 96.8 Å². The van der Waals surface area contributed by atoms with Crippen molar-refractivity contribution in [3.8, 4) is 23.0 Å². The van der Waals surface area contributed by atoms with Gasteiger partial charge in [0.1, 0.15) is 5.52 Å². The van der Waals surface area contributed by atoms with Gasteiger partial charge in [-0.1, -0.05) is 18.2 Å². The van der Waals surface area contributed by atoms with Gasteiger partial charge in [-0.25, -0.2) is 4.98 Å². The van der Waals surface area contributed by atoms with Crippen molar-refractivity contribution in [1.29, 1.82) is 0 Å². The quantitative estimate of drug-likeness (QED) is 0.627. The molecule has 84 valence electrons. The Kier molecular flexibility index (Phi) is 2.01. The lowest BCUT2D eigenvalue weighted by atomic mass is 10.2. The molecule has 0 bridgehead atoms. The molecule has 0 atom stereocenters. The van der Waals surface area contributed by atoms with Gasteiger partial charge in [0.2, 0.25) is 5.89 Å². The maximum Gasteiger partial charge on any atom is 0.231 e. The summed E-state index contributed by atoms with van der Waals surface area (Å²) in [5, 5.41) is 19.1. The second-order valence-corrected chi connectivity index (χ2v) is 3.66. The van der Waals surface area contributed by atoms with E-state index in [2.05, 4.69) is 4.98 Å². The molecule has 3 rings (SSSR count). The third-order valence-electron chi connectivity index (χ3n) is 2.54. The van der Waals surface area contributed by atoms with Gasteiger partial charge in [0.15, 0.2) is 17.1 Å². The lowest BCUT2D eigenvalue weighted by Crippen LogP contribution is -1.79. The van der Waals surface area contributed by atoms with Crippen molar-refractivity contribution < 1.29 is 14.6 Å². The van der Waals surface area contributed by atoms with Gasteiger partial charge in [0.05, 0.1) is 5.56 Å². The van der Waals surface area contributed by atoms with Crippen LogP contribution in [0, 0.1) is 0 Å². The van der Waals surface area contributed by atoms with Crippen LogP contribution in [0.1, 0.15) is 0 Å². The number of hydrogen-bond acceptors (Lipinski definition) is 4. The van der Waals surface area contributed by atoms with Crippen molar-refractivity contribution >= 4 is 11.1 Å². The van der Waals surface area contributed by atoms with E-state index in [1.54, 1.807) is 18.2 Å². The first-order chi connectivity index (χ1) is 8.25. The number of oxazole rings is 1. The van der Waals surface area contributed by atoms with Crippen LogP contribution in [0.2, 0.25) is 0 Å². The Bertz CT molecular complexity index is 655. The maximum atomic E-state index is 9.73. The van der Waals surface area contributed by atoms with Crippen LogP contribution in [0.3, 0.4) is 0 Å². The van der Waals surface area contributed by atoms with E-state index in [9.17, 15) is 10.2 Å². The number of hydrogen-bond donors (Lipinski definition) is 2. The van der Waals surface area contributed by atoms with Crippen LogP contribution < -0.4 is 0 Å². The predicted octanol–water partition coefficient (Wildman–Crippen LogP) is 2.91. The van der Waals surface area contributed by atoms with Gasteiger partial charge in [-0.3, -0.25) is 0 Å². The first kappa shape index (κ1) is 9.72. The number of para-hydroxylation sites is 3. The number of rotatable bonds is 1. The van der Waals surface area contributed by atoms with Crippen LogP contribution in [-0.2, 0) is 0 Å². The van der Waals surface area contributed by atoms with E-state index in [4.69, 9.17) is 4.42 Å². The molecule has 0 fully saturated rings. The molecule has 0 saturated heterocycles. The molecule has 1 aromatic heterocycles. The topological polar surface area (TPSA) is 66.5 Å². The number of aromatic nitrogens is 1. The monoisotopic (exact) mass is 227 g/mol. The van der Waals surface area contributed by atoms with Crippen LogP contribution in [0.5, 0.6) is 11.5 Å². The fourth-order valence-corrected chi connectivity index (χ4v) is 1.69. The fraction of sp³-hybridized carbons (Fsp3) is 0. The predicted molar refractivity (Wildman–Crippen MR) is 62.8 cm³/mol. The molecule has 4 heteroatoms. The molecule has 4 nitrogen and oxygen atoms in total. The van der Waals surface area contributed by atoms with Crippen molar-refractivity contribution in [2.24, 2.45) is 0 Å². The van der Waals surface area contributed by atoms with Crippen molar-refractivity contribution in [3.05, 3.63) is 42.5 Å². The van der Waals surface area contributed by atoms with Crippen LogP contribution >= 0.6 is 0 Å². The zero-order valence-electron chi connectivity index (χ0n) is 8.79. The highest BCUT2D eigenvalue weighted by Gasteiger charge is 2.13. The highest BCUT2D eigenvalue weighted by molar-refractivity contribution is 5.78. The number of phenols is 2. The van der Waals surface area contributed by atoms with E-state index >= 15 is 0 Å². The molecule has 0 amide bonds. The Balaban J connectivity index is 2.24. The normalized spacial score (nSPS) is 10.8. The van der Waals surface area contributed by atoms with E-state index in [0.29, 0.717) is 22.6 Å². The molecule has 0 radical (unpaired) electrons.